The molecule has 0 atom stereocenters. The number of likely N-dealkylation sites (tertiary alicyclic amines) is 1. The number of carbonyl (C=O) groups is 1. The molecule has 122 valence electrons. The fraction of sp³-hybridized carbons (Fsp3) is 0.438. The van der Waals surface area contributed by atoms with Crippen LogP contribution >= 0.6 is 11.5 Å². The highest BCUT2D eigenvalue weighted by atomic mass is 32.1. The fourth-order valence-electron chi connectivity index (χ4n) is 2.71. The minimum Gasteiger partial charge on any atom is -0.334 e. The Morgan fingerprint density at radius 2 is 2.09 bits per heavy atom. The maximum Gasteiger partial charge on any atom is 0.321 e. The van der Waals surface area contributed by atoms with Gasteiger partial charge in [0.15, 0.2) is 0 Å². The lowest BCUT2D eigenvalue weighted by Gasteiger charge is -2.15. The lowest BCUT2D eigenvalue weighted by molar-refractivity contribution is 0.251. The number of anilines is 1. The lowest BCUT2D eigenvalue weighted by Crippen LogP contribution is -2.28. The number of nitrogens with zero attached hydrogens (tertiary/aromatic N) is 3. The van der Waals surface area contributed by atoms with Crippen LogP contribution in [0.4, 0.5) is 9.93 Å². The van der Waals surface area contributed by atoms with Crippen molar-refractivity contribution in [1.29, 1.82) is 0 Å². The third-order valence-corrected chi connectivity index (χ3v) is 4.52. The summed E-state index contributed by atoms with van der Waals surface area (Å²) in [6, 6.07) is 8.13. The van der Waals surface area contributed by atoms with E-state index in [1.807, 2.05) is 6.07 Å². The zero-order valence-electron chi connectivity index (χ0n) is 13.2. The average molecular weight is 331 g/mol. The molecule has 1 aliphatic heterocycles. The van der Waals surface area contributed by atoms with Gasteiger partial charge in [0.05, 0.1) is 0 Å². The number of nitrogens with one attached hydrogen (secondary N) is 2. The normalized spacial score (nSPS) is 14.8. The van der Waals surface area contributed by atoms with E-state index in [9.17, 15) is 4.79 Å². The zero-order valence-corrected chi connectivity index (χ0v) is 14.0. The number of rotatable bonds is 5. The Kier molecular flexibility index (Phi) is 5.19. The molecule has 2 N–H and O–H groups in total. The number of aryl methyl sites for hydroxylation is 1. The van der Waals surface area contributed by atoms with Gasteiger partial charge in [-0.25, -0.2) is 9.78 Å². The summed E-state index contributed by atoms with van der Waals surface area (Å²) in [5.74, 6) is 0.667. The molecule has 0 unspecified atom stereocenters. The Labute approximate surface area is 140 Å². The molecule has 7 heteroatoms. The van der Waals surface area contributed by atoms with Crippen molar-refractivity contribution in [3.8, 4) is 0 Å². The Morgan fingerprint density at radius 1 is 1.30 bits per heavy atom. The minimum absolute atomic E-state index is 0.258. The fourth-order valence-corrected chi connectivity index (χ4v) is 3.28. The summed E-state index contributed by atoms with van der Waals surface area (Å²) in [7, 11) is 0. The van der Waals surface area contributed by atoms with Gasteiger partial charge >= 0.3 is 6.03 Å². The molecule has 0 aliphatic carbocycles. The predicted molar refractivity (Wildman–Crippen MR) is 91.5 cm³/mol. The topological polar surface area (TPSA) is 70.2 Å². The smallest absolute Gasteiger partial charge is 0.321 e. The van der Waals surface area contributed by atoms with Crippen molar-refractivity contribution in [2.45, 2.75) is 32.9 Å². The van der Waals surface area contributed by atoms with Crippen LogP contribution in [0.15, 0.2) is 24.3 Å². The lowest BCUT2D eigenvalue weighted by atomic mass is 10.1. The zero-order chi connectivity index (χ0) is 16.1. The quantitative estimate of drug-likeness (QED) is 0.884. The summed E-state index contributed by atoms with van der Waals surface area (Å²) < 4.78 is 4.03. The number of aromatic nitrogens is 2. The first kappa shape index (κ1) is 15.9. The van der Waals surface area contributed by atoms with Crippen molar-refractivity contribution < 1.29 is 4.79 Å². The van der Waals surface area contributed by atoms with Crippen LogP contribution in [0.5, 0.6) is 0 Å². The SMILES string of the molecule is Cc1nsc(NC(=O)NCc2cccc(CN3CCCC3)c2)n1. The van der Waals surface area contributed by atoms with Crippen molar-refractivity contribution in [3.05, 3.63) is 41.2 Å². The van der Waals surface area contributed by atoms with Gasteiger partial charge in [0.25, 0.3) is 0 Å². The molecule has 1 saturated heterocycles. The predicted octanol–water partition coefficient (Wildman–Crippen LogP) is 2.76. The van der Waals surface area contributed by atoms with Crippen LogP contribution in [0.25, 0.3) is 0 Å². The summed E-state index contributed by atoms with van der Waals surface area (Å²) in [6.07, 6.45) is 2.60. The number of benzene rings is 1. The van der Waals surface area contributed by atoms with E-state index in [1.165, 1.54) is 43.0 Å². The third-order valence-electron chi connectivity index (χ3n) is 3.80. The molecule has 1 aliphatic rings. The second-order valence-electron chi connectivity index (χ2n) is 5.76. The number of carbonyl (C=O) groups excluding carboxylic acids is 1. The van der Waals surface area contributed by atoms with Gasteiger partial charge in [-0.1, -0.05) is 24.3 Å². The largest absolute Gasteiger partial charge is 0.334 e. The first-order chi connectivity index (χ1) is 11.2. The molecule has 3 rings (SSSR count). The molecule has 1 aromatic heterocycles. The third kappa shape index (κ3) is 4.74. The van der Waals surface area contributed by atoms with Gasteiger partial charge in [0, 0.05) is 24.6 Å². The summed E-state index contributed by atoms with van der Waals surface area (Å²) in [4.78, 5) is 18.4. The van der Waals surface area contributed by atoms with Gasteiger partial charge in [-0.2, -0.15) is 4.37 Å². The molecule has 1 fully saturated rings. The number of hydrogen-bond donors (Lipinski definition) is 2. The highest BCUT2D eigenvalue weighted by molar-refractivity contribution is 7.09. The first-order valence-corrected chi connectivity index (χ1v) is 8.62. The van der Waals surface area contributed by atoms with Crippen molar-refractivity contribution in [1.82, 2.24) is 19.6 Å². The molecule has 0 spiro atoms. The van der Waals surface area contributed by atoms with E-state index in [1.54, 1.807) is 6.92 Å². The van der Waals surface area contributed by atoms with E-state index in [0.717, 1.165) is 12.1 Å². The Hall–Kier alpha value is -1.99. The van der Waals surface area contributed by atoms with Crippen LogP contribution in [0, 0.1) is 6.92 Å². The molecule has 23 heavy (non-hydrogen) atoms. The number of amides is 2. The van der Waals surface area contributed by atoms with Crippen LogP contribution in [0.1, 0.15) is 29.8 Å². The average Bonchev–Trinajstić information content (AvgIpc) is 3.18. The van der Waals surface area contributed by atoms with E-state index >= 15 is 0 Å². The van der Waals surface area contributed by atoms with Crippen LogP contribution in [-0.2, 0) is 13.1 Å². The van der Waals surface area contributed by atoms with Gasteiger partial charge in [-0.15, -0.1) is 0 Å². The summed E-state index contributed by atoms with van der Waals surface area (Å²) in [5.41, 5.74) is 2.40. The van der Waals surface area contributed by atoms with E-state index < -0.39 is 0 Å². The van der Waals surface area contributed by atoms with Gasteiger partial charge in [-0.3, -0.25) is 10.2 Å². The second kappa shape index (κ2) is 7.52. The van der Waals surface area contributed by atoms with Crippen LogP contribution in [0.3, 0.4) is 0 Å². The molecule has 0 saturated carbocycles. The highest BCUT2D eigenvalue weighted by Gasteiger charge is 2.12. The molecular formula is C16H21N5OS. The van der Waals surface area contributed by atoms with E-state index in [0.29, 0.717) is 17.5 Å². The van der Waals surface area contributed by atoms with Crippen LogP contribution < -0.4 is 10.6 Å². The Balaban J connectivity index is 1.50. The van der Waals surface area contributed by atoms with Crippen molar-refractivity contribution in [3.63, 3.8) is 0 Å². The molecule has 0 bridgehead atoms. The summed E-state index contributed by atoms with van der Waals surface area (Å²) >= 11 is 1.18. The van der Waals surface area contributed by atoms with Crippen LogP contribution in [-0.4, -0.2) is 33.4 Å². The number of urea groups is 1. The molecule has 0 radical (unpaired) electrons. The Morgan fingerprint density at radius 3 is 2.83 bits per heavy atom. The molecule has 2 aromatic rings. The van der Waals surface area contributed by atoms with Gasteiger partial charge in [-0.05, 0) is 44.0 Å². The maximum absolute atomic E-state index is 11.9. The first-order valence-electron chi connectivity index (χ1n) is 7.84. The van der Waals surface area contributed by atoms with Crippen molar-refractivity contribution >= 4 is 22.7 Å². The minimum atomic E-state index is -0.258. The van der Waals surface area contributed by atoms with E-state index in [4.69, 9.17) is 0 Å². The molecule has 2 heterocycles. The van der Waals surface area contributed by atoms with Crippen LogP contribution in [0.2, 0.25) is 0 Å². The molecule has 2 amide bonds. The molecule has 6 nitrogen and oxygen atoms in total. The van der Waals surface area contributed by atoms with E-state index in [2.05, 4.69) is 43.1 Å². The molecular weight excluding hydrogens is 310 g/mol. The Bertz CT molecular complexity index is 666. The maximum atomic E-state index is 11.9. The van der Waals surface area contributed by atoms with Gasteiger partial charge in [0.2, 0.25) is 5.13 Å². The summed E-state index contributed by atoms with van der Waals surface area (Å²) in [6.45, 7) is 5.66. The standard InChI is InChI=1S/C16H21N5OS/c1-12-18-16(23-20-12)19-15(22)17-10-13-5-4-6-14(9-13)11-21-7-2-3-8-21/h4-6,9H,2-3,7-8,10-11H2,1H3,(H2,17,18,19,20,22). The summed E-state index contributed by atoms with van der Waals surface area (Å²) in [5, 5.41) is 6.06. The van der Waals surface area contributed by atoms with Gasteiger partial charge < -0.3 is 5.32 Å². The second-order valence-corrected chi connectivity index (χ2v) is 6.51. The van der Waals surface area contributed by atoms with E-state index in [-0.39, 0.29) is 6.03 Å². The molecule has 1 aromatic carbocycles. The van der Waals surface area contributed by atoms with Crippen molar-refractivity contribution in [2.24, 2.45) is 0 Å². The highest BCUT2D eigenvalue weighted by Crippen LogP contribution is 2.14. The van der Waals surface area contributed by atoms with Gasteiger partial charge in [0.1, 0.15) is 5.82 Å². The van der Waals surface area contributed by atoms with Crippen molar-refractivity contribution in [2.75, 3.05) is 18.4 Å². The monoisotopic (exact) mass is 331 g/mol. The number of hydrogen-bond acceptors (Lipinski definition) is 5.